The molecule has 2 aromatic heterocycles. The first kappa shape index (κ1) is 17.8. The van der Waals surface area contributed by atoms with Crippen LogP contribution in [-0.4, -0.2) is 51.5 Å². The number of nitrogens with zero attached hydrogens (tertiary/aromatic N) is 5. The van der Waals surface area contributed by atoms with E-state index >= 15 is 0 Å². The highest BCUT2D eigenvalue weighted by Gasteiger charge is 2.34. The summed E-state index contributed by atoms with van der Waals surface area (Å²) in [6, 6.07) is 6.15. The van der Waals surface area contributed by atoms with E-state index in [4.69, 9.17) is 21.1 Å². The van der Waals surface area contributed by atoms with Crippen LogP contribution < -0.4 is 5.32 Å². The van der Waals surface area contributed by atoms with Crippen LogP contribution in [0.3, 0.4) is 0 Å². The van der Waals surface area contributed by atoms with E-state index in [9.17, 15) is 0 Å². The Morgan fingerprint density at radius 1 is 1.29 bits per heavy atom. The molecule has 0 spiro atoms. The van der Waals surface area contributed by atoms with Gasteiger partial charge in [-0.15, -0.1) is 0 Å². The molecule has 0 bridgehead atoms. The zero-order chi connectivity index (χ0) is 19.3. The molecular weight excluding hydrogens is 376 g/mol. The number of hydrogen-bond donors (Lipinski definition) is 1. The minimum absolute atomic E-state index is 0.126. The molecule has 1 N–H and O–H groups in total. The summed E-state index contributed by atoms with van der Waals surface area (Å²) in [5.41, 5.74) is 4.06. The van der Waals surface area contributed by atoms with Crippen LogP contribution in [0, 0.1) is 6.92 Å². The van der Waals surface area contributed by atoms with Crippen LogP contribution in [0.1, 0.15) is 41.9 Å². The number of halogens is 1. The molecule has 5 rings (SSSR count). The van der Waals surface area contributed by atoms with E-state index in [1.165, 1.54) is 0 Å². The summed E-state index contributed by atoms with van der Waals surface area (Å²) in [6.07, 6.45) is 4.13. The fourth-order valence-electron chi connectivity index (χ4n) is 3.77. The average Bonchev–Trinajstić information content (AvgIpc) is 3.25. The summed E-state index contributed by atoms with van der Waals surface area (Å²) in [7, 11) is 2.09. The number of likely N-dealkylation sites (N-methyl/N-ethyl adjacent to an activating group) is 1. The Balaban J connectivity index is 1.53. The highest BCUT2D eigenvalue weighted by atomic mass is 35.5. The molecule has 1 aromatic carbocycles. The minimum Gasteiger partial charge on any atom is -0.334 e. The summed E-state index contributed by atoms with van der Waals surface area (Å²) in [5, 5.41) is 13.0. The predicted octanol–water partition coefficient (Wildman–Crippen LogP) is 3.34. The summed E-state index contributed by atoms with van der Waals surface area (Å²) in [6.45, 7) is 4.77. The highest BCUT2D eigenvalue weighted by Crippen LogP contribution is 2.45. The Hall–Kier alpha value is -2.22. The lowest BCUT2D eigenvalue weighted by atomic mass is 10.1. The van der Waals surface area contributed by atoms with Crippen LogP contribution in [0.2, 0.25) is 5.02 Å². The quantitative estimate of drug-likeness (QED) is 0.726. The van der Waals surface area contributed by atoms with Crippen molar-refractivity contribution in [2.24, 2.45) is 0 Å². The Bertz CT molecular complexity index is 1010. The molecule has 1 unspecified atom stereocenters. The van der Waals surface area contributed by atoms with E-state index in [1.54, 1.807) is 0 Å². The van der Waals surface area contributed by atoms with Gasteiger partial charge in [0, 0.05) is 30.6 Å². The van der Waals surface area contributed by atoms with Crippen LogP contribution in [-0.2, 0) is 0 Å². The monoisotopic (exact) mass is 398 g/mol. The maximum atomic E-state index is 6.35. The van der Waals surface area contributed by atoms with Crippen molar-refractivity contribution >= 4 is 11.6 Å². The van der Waals surface area contributed by atoms with Gasteiger partial charge in [0.15, 0.2) is 5.82 Å². The number of benzene rings is 1. The first-order valence-electron chi connectivity index (χ1n) is 9.71. The van der Waals surface area contributed by atoms with Crippen LogP contribution in [0.25, 0.3) is 17.1 Å². The van der Waals surface area contributed by atoms with Crippen molar-refractivity contribution in [2.45, 2.75) is 31.7 Å². The Morgan fingerprint density at radius 2 is 2.14 bits per heavy atom. The topological polar surface area (TPSA) is 72.0 Å². The van der Waals surface area contributed by atoms with Gasteiger partial charge in [-0.25, -0.2) is 4.68 Å². The highest BCUT2D eigenvalue weighted by molar-refractivity contribution is 6.31. The fourth-order valence-corrected chi connectivity index (χ4v) is 3.94. The molecule has 2 fully saturated rings. The number of aryl methyl sites for hydroxylation is 1. The summed E-state index contributed by atoms with van der Waals surface area (Å²) in [5.74, 6) is 1.73. The second-order valence-corrected chi connectivity index (χ2v) is 8.13. The molecule has 146 valence electrons. The summed E-state index contributed by atoms with van der Waals surface area (Å²) in [4.78, 5) is 6.98. The zero-order valence-electron chi connectivity index (χ0n) is 16.0. The predicted molar refractivity (Wildman–Crippen MR) is 107 cm³/mol. The van der Waals surface area contributed by atoms with Crippen molar-refractivity contribution < 1.29 is 4.52 Å². The van der Waals surface area contributed by atoms with Crippen molar-refractivity contribution in [2.75, 3.05) is 26.7 Å². The van der Waals surface area contributed by atoms with Gasteiger partial charge < -0.3 is 9.84 Å². The lowest BCUT2D eigenvalue weighted by molar-refractivity contribution is 0.190. The molecule has 1 atom stereocenters. The Morgan fingerprint density at radius 3 is 2.89 bits per heavy atom. The molecule has 1 aliphatic heterocycles. The zero-order valence-corrected chi connectivity index (χ0v) is 16.8. The molecule has 3 aromatic rings. The summed E-state index contributed by atoms with van der Waals surface area (Å²) < 4.78 is 7.64. The molecule has 3 heterocycles. The van der Waals surface area contributed by atoms with Gasteiger partial charge >= 0.3 is 0 Å². The van der Waals surface area contributed by atoms with Crippen molar-refractivity contribution in [3.05, 3.63) is 46.5 Å². The van der Waals surface area contributed by atoms with Gasteiger partial charge in [-0.3, -0.25) is 4.90 Å². The molecule has 0 radical (unpaired) electrons. The third kappa shape index (κ3) is 3.13. The van der Waals surface area contributed by atoms with Crippen molar-refractivity contribution in [3.63, 3.8) is 0 Å². The van der Waals surface area contributed by atoms with E-state index in [0.717, 1.165) is 65.8 Å². The minimum atomic E-state index is 0.126. The maximum absolute atomic E-state index is 6.35. The third-order valence-corrected chi connectivity index (χ3v) is 6.06. The van der Waals surface area contributed by atoms with Gasteiger partial charge in [0.25, 0.3) is 5.89 Å². The van der Waals surface area contributed by atoms with Crippen molar-refractivity contribution in [3.8, 4) is 17.1 Å². The maximum Gasteiger partial charge on any atom is 0.261 e. The third-order valence-electron chi connectivity index (χ3n) is 5.65. The van der Waals surface area contributed by atoms with E-state index in [1.807, 2.05) is 36.0 Å². The van der Waals surface area contributed by atoms with Gasteiger partial charge in [-0.1, -0.05) is 22.8 Å². The van der Waals surface area contributed by atoms with E-state index in [2.05, 4.69) is 27.5 Å². The number of nitrogens with one attached hydrogen (secondary N) is 1. The van der Waals surface area contributed by atoms with E-state index in [-0.39, 0.29) is 6.04 Å². The second kappa shape index (κ2) is 6.99. The fraction of sp³-hybridized carbons (Fsp3) is 0.450. The molecule has 2 aliphatic rings. The molecule has 1 aliphatic carbocycles. The molecule has 28 heavy (non-hydrogen) atoms. The number of piperazine rings is 1. The smallest absolute Gasteiger partial charge is 0.261 e. The normalized spacial score (nSPS) is 20.6. The lowest BCUT2D eigenvalue weighted by Crippen LogP contribution is -2.44. The van der Waals surface area contributed by atoms with Crippen LogP contribution in [0.5, 0.6) is 0 Å². The van der Waals surface area contributed by atoms with Gasteiger partial charge in [-0.2, -0.15) is 10.1 Å². The SMILES string of the molecule is Cc1ccc(-n2ncc(-c3nc(C4CNCCN4C)no3)c2C2CC2)cc1Cl. The largest absolute Gasteiger partial charge is 0.334 e. The molecule has 1 saturated carbocycles. The first-order valence-corrected chi connectivity index (χ1v) is 10.1. The first-order chi connectivity index (χ1) is 13.6. The molecule has 8 heteroatoms. The molecular formula is C20H23ClN6O. The van der Waals surface area contributed by atoms with Crippen LogP contribution in [0.4, 0.5) is 0 Å². The number of aromatic nitrogens is 4. The van der Waals surface area contributed by atoms with Crippen molar-refractivity contribution in [1.29, 1.82) is 0 Å². The average molecular weight is 399 g/mol. The summed E-state index contributed by atoms with van der Waals surface area (Å²) >= 11 is 6.35. The molecule has 7 nitrogen and oxygen atoms in total. The van der Waals surface area contributed by atoms with Gasteiger partial charge in [0.05, 0.1) is 29.2 Å². The molecule has 1 saturated heterocycles. The standard InChI is InChI=1S/C20H23ClN6O/c1-12-3-6-14(9-16(12)21)27-18(13-4-5-13)15(10-23-27)20-24-19(25-28-20)17-11-22-7-8-26(17)2/h3,6,9-10,13,17,22H,4-5,7-8,11H2,1-2H3. The van der Waals surface area contributed by atoms with Crippen molar-refractivity contribution in [1.82, 2.24) is 30.1 Å². The van der Waals surface area contributed by atoms with Gasteiger partial charge in [0.1, 0.15) is 0 Å². The van der Waals surface area contributed by atoms with Gasteiger partial charge in [0.2, 0.25) is 0 Å². The Labute approximate surface area is 168 Å². The van der Waals surface area contributed by atoms with Gasteiger partial charge in [-0.05, 0) is 44.5 Å². The van der Waals surface area contributed by atoms with E-state index < -0.39 is 0 Å². The number of hydrogen-bond acceptors (Lipinski definition) is 6. The number of rotatable bonds is 4. The molecule has 0 amide bonds. The van der Waals surface area contributed by atoms with E-state index in [0.29, 0.717) is 11.8 Å². The lowest BCUT2D eigenvalue weighted by Gasteiger charge is -2.30. The Kier molecular flexibility index (Phi) is 4.45. The second-order valence-electron chi connectivity index (χ2n) is 7.72. The van der Waals surface area contributed by atoms with Crippen LogP contribution >= 0.6 is 11.6 Å². The van der Waals surface area contributed by atoms with Crippen LogP contribution in [0.15, 0.2) is 28.9 Å².